The van der Waals surface area contributed by atoms with Crippen LogP contribution in [-0.4, -0.2) is 114 Å². The lowest BCUT2D eigenvalue weighted by molar-refractivity contribution is 0.112. The molecule has 1 saturated heterocycles. The lowest BCUT2D eigenvalue weighted by Crippen LogP contribution is -2.61. The van der Waals surface area contributed by atoms with E-state index in [-0.39, 0.29) is 33.8 Å². The maximum atomic E-state index is 13.5. The highest BCUT2D eigenvalue weighted by Crippen LogP contribution is 2.38. The van der Waals surface area contributed by atoms with Crippen LogP contribution in [0.4, 0.5) is 19.3 Å². The summed E-state index contributed by atoms with van der Waals surface area (Å²) in [6, 6.07) is 1.22. The number of anilines is 1. The topological polar surface area (TPSA) is 119 Å². The number of urea groups is 1. The summed E-state index contributed by atoms with van der Waals surface area (Å²) < 4.78 is 58.0. The molecule has 1 aliphatic heterocycles. The first-order valence-corrected chi connectivity index (χ1v) is 16.1. The molecule has 0 bridgehead atoms. The van der Waals surface area contributed by atoms with E-state index in [1.807, 2.05) is 44.7 Å². The van der Waals surface area contributed by atoms with Gasteiger partial charge in [-0.2, -0.15) is 0 Å². The molecule has 4 heterocycles. The number of alkyl halides is 2. The predicted octanol–water partition coefficient (Wildman–Crippen LogP) is 3.13. The van der Waals surface area contributed by atoms with Gasteiger partial charge < -0.3 is 19.6 Å². The molecule has 12 nitrogen and oxygen atoms in total. The molecule has 2 amide bonds. The van der Waals surface area contributed by atoms with Crippen molar-refractivity contribution in [2.45, 2.75) is 62.6 Å². The van der Waals surface area contributed by atoms with Gasteiger partial charge in [0.1, 0.15) is 4.90 Å². The van der Waals surface area contributed by atoms with Crippen LogP contribution in [0, 0.1) is 0 Å². The number of halogens is 2. The average Bonchev–Trinajstić information content (AvgIpc) is 3.29. The first-order valence-electron chi connectivity index (χ1n) is 13.8. The number of sulfonamides is 1. The number of nitrogens with one attached hydrogen (secondary N) is 1. The highest BCUT2D eigenvalue weighted by molar-refractivity contribution is 7.89. The fourth-order valence-electron chi connectivity index (χ4n) is 5.24. The number of amides is 2. The van der Waals surface area contributed by atoms with E-state index in [1.165, 1.54) is 6.20 Å². The van der Waals surface area contributed by atoms with Crippen LogP contribution in [0.15, 0.2) is 23.4 Å². The van der Waals surface area contributed by atoms with Crippen LogP contribution in [0.3, 0.4) is 0 Å². The fourth-order valence-corrected chi connectivity index (χ4v) is 7.41. The molecule has 16 heteroatoms. The number of likely N-dealkylation sites (N-methyl/N-ethyl adjacent to an activating group) is 2. The smallest absolute Gasteiger partial charge is 0.320 e. The van der Waals surface area contributed by atoms with E-state index in [4.69, 9.17) is 0 Å². The van der Waals surface area contributed by atoms with Crippen LogP contribution in [0.1, 0.15) is 45.0 Å². The summed E-state index contributed by atoms with van der Waals surface area (Å²) in [5.41, 5.74) is 0.714. The van der Waals surface area contributed by atoms with Gasteiger partial charge in [0.05, 0.1) is 17.4 Å². The van der Waals surface area contributed by atoms with Gasteiger partial charge in [0.25, 0.3) is 6.43 Å². The van der Waals surface area contributed by atoms with Gasteiger partial charge in [0.15, 0.2) is 15.8 Å². The number of hydrogen-bond donors (Lipinski definition) is 1. The molecular weight excluding hydrogens is 588 g/mol. The van der Waals surface area contributed by atoms with Crippen molar-refractivity contribution in [3.63, 3.8) is 0 Å². The third-order valence-electron chi connectivity index (χ3n) is 7.79. The van der Waals surface area contributed by atoms with Gasteiger partial charge in [-0.25, -0.2) is 31.7 Å². The molecule has 3 aromatic heterocycles. The number of hydrogen-bond acceptors (Lipinski definition) is 9. The van der Waals surface area contributed by atoms with E-state index >= 15 is 0 Å². The van der Waals surface area contributed by atoms with Gasteiger partial charge in [0, 0.05) is 57.0 Å². The standard InChI is InChI=1S/C26H37F2N9O3S2/c1-16-13-35(14-17(2)37(16)25(38)34(6)10-9-33(4)5)19-11-18(42(39,40)32-26(3)7-8-26)15-36-20(19)12-29-22(36)24-31-30-23(41-24)21(27)28/h11-12,15-17,21,32H,7-10,13-14H2,1-6H3/t16-,17-/m1/s1. The zero-order valence-corrected chi connectivity index (χ0v) is 26.2. The summed E-state index contributed by atoms with van der Waals surface area (Å²) in [7, 11) is 1.79. The van der Waals surface area contributed by atoms with Crippen molar-refractivity contribution in [3.8, 4) is 10.8 Å². The number of carbonyl (C=O) groups excluding carboxylic acids is 1. The van der Waals surface area contributed by atoms with E-state index in [1.54, 1.807) is 28.6 Å². The summed E-state index contributed by atoms with van der Waals surface area (Å²) in [4.78, 5) is 25.5. The summed E-state index contributed by atoms with van der Waals surface area (Å²) in [6.07, 6.45) is 1.74. The molecule has 0 aromatic carbocycles. The molecule has 230 valence electrons. The Kier molecular flexibility index (Phi) is 8.19. The van der Waals surface area contributed by atoms with Gasteiger partial charge in [-0.1, -0.05) is 11.3 Å². The quantitative estimate of drug-likeness (QED) is 0.386. The van der Waals surface area contributed by atoms with E-state index < -0.39 is 27.0 Å². The Labute approximate surface area is 248 Å². The molecule has 0 unspecified atom stereocenters. The van der Waals surface area contributed by atoms with Crippen molar-refractivity contribution >= 4 is 38.6 Å². The molecule has 2 fully saturated rings. The highest BCUT2D eigenvalue weighted by atomic mass is 32.2. The maximum absolute atomic E-state index is 13.5. The van der Waals surface area contributed by atoms with Gasteiger partial charge >= 0.3 is 6.03 Å². The lowest BCUT2D eigenvalue weighted by Gasteiger charge is -2.46. The Morgan fingerprint density at radius 3 is 2.40 bits per heavy atom. The highest BCUT2D eigenvalue weighted by Gasteiger charge is 2.42. The largest absolute Gasteiger partial charge is 0.366 e. The second-order valence-electron chi connectivity index (χ2n) is 11.8. The van der Waals surface area contributed by atoms with E-state index in [0.717, 1.165) is 19.4 Å². The van der Waals surface area contributed by atoms with Crippen LogP contribution in [0.5, 0.6) is 0 Å². The van der Waals surface area contributed by atoms with Gasteiger partial charge in [-0.3, -0.25) is 4.40 Å². The summed E-state index contributed by atoms with van der Waals surface area (Å²) in [5.74, 6) is 0.225. The number of carbonyl (C=O) groups is 1. The van der Waals surface area contributed by atoms with Crippen LogP contribution in [-0.2, 0) is 10.0 Å². The first-order chi connectivity index (χ1) is 19.7. The number of fused-ring (bicyclic) bond motifs is 1. The minimum absolute atomic E-state index is 0.0261. The molecule has 1 saturated carbocycles. The Bertz CT molecular complexity index is 1560. The van der Waals surface area contributed by atoms with Crippen molar-refractivity contribution in [2.24, 2.45) is 0 Å². The molecular formula is C26H37F2N9O3S2. The van der Waals surface area contributed by atoms with Crippen molar-refractivity contribution in [1.29, 1.82) is 0 Å². The molecule has 2 aliphatic rings. The predicted molar refractivity (Wildman–Crippen MR) is 157 cm³/mol. The normalized spacial score (nSPS) is 20.6. The zero-order chi connectivity index (χ0) is 30.6. The Morgan fingerprint density at radius 2 is 1.83 bits per heavy atom. The van der Waals surface area contributed by atoms with Crippen LogP contribution in [0.2, 0.25) is 0 Å². The van der Waals surface area contributed by atoms with Crippen LogP contribution < -0.4 is 9.62 Å². The van der Waals surface area contributed by atoms with Gasteiger partial charge in [0.2, 0.25) is 10.0 Å². The number of imidazole rings is 1. The monoisotopic (exact) mass is 625 g/mol. The molecule has 2 atom stereocenters. The van der Waals surface area contributed by atoms with Gasteiger partial charge in [-0.05, 0) is 53.8 Å². The first kappa shape index (κ1) is 30.5. The van der Waals surface area contributed by atoms with Crippen molar-refractivity contribution in [3.05, 3.63) is 23.5 Å². The number of nitrogens with zero attached hydrogens (tertiary/aromatic N) is 8. The number of aromatic nitrogens is 4. The Morgan fingerprint density at radius 1 is 1.17 bits per heavy atom. The number of piperazine rings is 1. The molecule has 3 aromatic rings. The molecule has 1 N–H and O–H groups in total. The van der Waals surface area contributed by atoms with Crippen LogP contribution >= 0.6 is 11.3 Å². The molecule has 5 rings (SSSR count). The SMILES string of the molecule is C[C@@H]1CN(c2cc(S(=O)(=O)NC3(C)CC3)cn3c(-c4nnc(C(F)F)s4)ncc23)C[C@@H](C)N1C(=O)N(C)CCN(C)C. The van der Waals surface area contributed by atoms with Crippen molar-refractivity contribution in [1.82, 2.24) is 39.0 Å². The molecule has 42 heavy (non-hydrogen) atoms. The minimum Gasteiger partial charge on any atom is -0.366 e. The molecule has 0 radical (unpaired) electrons. The van der Waals surface area contributed by atoms with E-state index in [0.29, 0.717) is 42.2 Å². The zero-order valence-electron chi connectivity index (χ0n) is 24.6. The Hall–Kier alpha value is -2.95. The molecule has 1 aliphatic carbocycles. The number of rotatable bonds is 9. The average molecular weight is 626 g/mol. The van der Waals surface area contributed by atoms with Crippen molar-refractivity contribution < 1.29 is 22.0 Å². The van der Waals surface area contributed by atoms with E-state index in [2.05, 4.69) is 24.8 Å². The summed E-state index contributed by atoms with van der Waals surface area (Å²) in [6.45, 7) is 8.05. The van der Waals surface area contributed by atoms with E-state index in [9.17, 15) is 22.0 Å². The van der Waals surface area contributed by atoms with Crippen molar-refractivity contribution in [2.75, 3.05) is 52.2 Å². The molecule has 0 spiro atoms. The maximum Gasteiger partial charge on any atom is 0.320 e. The summed E-state index contributed by atoms with van der Waals surface area (Å²) in [5, 5.41) is 7.21. The Balaban J connectivity index is 1.52. The second-order valence-corrected chi connectivity index (χ2v) is 14.5. The third-order valence-corrected chi connectivity index (χ3v) is 10.3. The summed E-state index contributed by atoms with van der Waals surface area (Å²) >= 11 is 0.715. The van der Waals surface area contributed by atoms with Crippen LogP contribution in [0.25, 0.3) is 16.3 Å². The number of pyridine rings is 1. The van der Waals surface area contributed by atoms with Gasteiger partial charge in [-0.15, -0.1) is 10.2 Å². The lowest BCUT2D eigenvalue weighted by atomic mass is 10.1. The fraction of sp³-hybridized carbons (Fsp3) is 0.615. The third kappa shape index (κ3) is 6.07. The second kappa shape index (κ2) is 11.3. The minimum atomic E-state index is -3.92.